The molecule has 0 aliphatic rings. The van der Waals surface area contributed by atoms with Crippen LogP contribution in [0, 0.1) is 0 Å². The zero-order valence-electron chi connectivity index (χ0n) is 4.41. The molecule has 0 aromatic rings. The molecule has 42 valence electrons. The van der Waals surface area contributed by atoms with Gasteiger partial charge in [-0.25, -0.2) is 4.39 Å². The lowest BCUT2D eigenvalue weighted by molar-refractivity contribution is 0.430. The second-order valence-corrected chi connectivity index (χ2v) is 3.13. The summed E-state index contributed by atoms with van der Waals surface area (Å²) in [5.74, 6) is 0. The van der Waals surface area contributed by atoms with Crippen molar-refractivity contribution in [1.29, 1.82) is 0 Å². The molecule has 0 aromatic heterocycles. The summed E-state index contributed by atoms with van der Waals surface area (Å²) in [6.07, 6.45) is 0.775. The predicted molar refractivity (Wildman–Crippen MR) is 38.3 cm³/mol. The van der Waals surface area contributed by atoms with E-state index in [-0.39, 0.29) is 0 Å². The molecule has 0 saturated carbocycles. The van der Waals surface area contributed by atoms with E-state index < -0.39 is 6.17 Å². The van der Waals surface area contributed by atoms with Crippen LogP contribution in [0.25, 0.3) is 0 Å². The summed E-state index contributed by atoms with van der Waals surface area (Å²) in [6.45, 7) is 3.39. The Kier molecular flexibility index (Phi) is 3.60. The minimum Gasteiger partial charge on any atom is -0.243 e. The summed E-state index contributed by atoms with van der Waals surface area (Å²) in [4.78, 5) is 0. The van der Waals surface area contributed by atoms with Gasteiger partial charge in [0, 0.05) is 0 Å². The molecule has 0 aromatic carbocycles. The van der Waals surface area contributed by atoms with Gasteiger partial charge in [0.25, 0.3) is 0 Å². The van der Waals surface area contributed by atoms with Crippen LogP contribution in [0.1, 0.15) is 13.8 Å². The highest BCUT2D eigenvalue weighted by atomic mass is 127. The fourth-order valence-electron chi connectivity index (χ4n) is 0.316. The number of rotatable bonds is 1. The summed E-state index contributed by atoms with van der Waals surface area (Å²) in [7, 11) is 0. The van der Waals surface area contributed by atoms with Crippen LogP contribution in [-0.2, 0) is 0 Å². The maximum atomic E-state index is 11.9. The van der Waals surface area contributed by atoms with Crippen LogP contribution in [0.4, 0.5) is 4.39 Å². The predicted octanol–water partition coefficient (Wildman–Crippen LogP) is 2.68. The summed E-state index contributed by atoms with van der Waals surface area (Å²) >= 11 is 2.08. The van der Waals surface area contributed by atoms with Gasteiger partial charge in [0.1, 0.15) is 6.17 Å². The molecule has 0 unspecified atom stereocenters. The Labute approximate surface area is 56.9 Å². The van der Waals surface area contributed by atoms with Crippen molar-refractivity contribution in [2.24, 2.45) is 0 Å². The SMILES string of the molecule is C/C(I)=C/[C@H](C)F. The third kappa shape index (κ3) is 6.40. The summed E-state index contributed by atoms with van der Waals surface area (Å²) in [5, 5.41) is 0. The van der Waals surface area contributed by atoms with E-state index >= 15 is 0 Å². The van der Waals surface area contributed by atoms with Crippen molar-refractivity contribution in [2.45, 2.75) is 20.0 Å². The topological polar surface area (TPSA) is 0 Å². The average molecular weight is 214 g/mol. The molecule has 0 rings (SSSR count). The van der Waals surface area contributed by atoms with E-state index in [0.29, 0.717) is 0 Å². The Morgan fingerprint density at radius 2 is 2.29 bits per heavy atom. The first-order chi connectivity index (χ1) is 3.13. The van der Waals surface area contributed by atoms with E-state index in [0.717, 1.165) is 3.58 Å². The van der Waals surface area contributed by atoms with Crippen molar-refractivity contribution in [3.63, 3.8) is 0 Å². The zero-order valence-corrected chi connectivity index (χ0v) is 6.57. The molecule has 2 heteroatoms. The molecule has 0 nitrogen and oxygen atoms in total. The number of hydrogen-bond acceptors (Lipinski definition) is 0. The van der Waals surface area contributed by atoms with Gasteiger partial charge < -0.3 is 0 Å². The average Bonchev–Trinajstić information content (AvgIpc) is 1.27. The quantitative estimate of drug-likeness (QED) is 0.588. The Morgan fingerprint density at radius 1 is 1.86 bits per heavy atom. The van der Waals surface area contributed by atoms with Crippen molar-refractivity contribution in [3.8, 4) is 0 Å². The molecule has 0 saturated heterocycles. The van der Waals surface area contributed by atoms with Crippen molar-refractivity contribution in [2.75, 3.05) is 0 Å². The number of hydrogen-bond donors (Lipinski definition) is 0. The normalized spacial score (nSPS) is 16.9. The molecular weight excluding hydrogens is 206 g/mol. The van der Waals surface area contributed by atoms with Gasteiger partial charge in [0.15, 0.2) is 0 Å². The van der Waals surface area contributed by atoms with Crippen LogP contribution >= 0.6 is 22.6 Å². The maximum absolute atomic E-state index is 11.9. The number of alkyl halides is 1. The first-order valence-corrected chi connectivity index (χ1v) is 3.19. The van der Waals surface area contributed by atoms with Gasteiger partial charge in [-0.2, -0.15) is 0 Å². The van der Waals surface area contributed by atoms with Crippen LogP contribution in [0.15, 0.2) is 9.66 Å². The van der Waals surface area contributed by atoms with Gasteiger partial charge in [-0.1, -0.05) is 0 Å². The lowest BCUT2D eigenvalue weighted by Gasteiger charge is -1.88. The van der Waals surface area contributed by atoms with E-state index in [1.54, 1.807) is 6.08 Å². The molecule has 1 atom stereocenters. The molecule has 0 aliphatic heterocycles. The van der Waals surface area contributed by atoms with Crippen molar-refractivity contribution in [3.05, 3.63) is 9.66 Å². The molecule has 0 spiro atoms. The Hall–Kier alpha value is 0.400. The Balaban J connectivity index is 3.45. The third-order valence-corrected chi connectivity index (χ3v) is 0.819. The molecule has 0 heterocycles. The van der Waals surface area contributed by atoms with Crippen LogP contribution in [-0.4, -0.2) is 6.17 Å². The highest BCUT2D eigenvalue weighted by Crippen LogP contribution is 2.05. The third-order valence-electron chi connectivity index (χ3n) is 0.459. The zero-order chi connectivity index (χ0) is 5.86. The van der Waals surface area contributed by atoms with E-state index in [4.69, 9.17) is 0 Å². The molecule has 0 fully saturated rings. The lowest BCUT2D eigenvalue weighted by atomic mass is 10.4. The van der Waals surface area contributed by atoms with Gasteiger partial charge >= 0.3 is 0 Å². The van der Waals surface area contributed by atoms with Crippen LogP contribution in [0.3, 0.4) is 0 Å². The summed E-state index contributed by atoms with van der Waals surface area (Å²) in [6, 6.07) is 0. The van der Waals surface area contributed by atoms with E-state index in [1.807, 2.05) is 6.92 Å². The van der Waals surface area contributed by atoms with E-state index in [2.05, 4.69) is 22.6 Å². The first kappa shape index (κ1) is 7.40. The first-order valence-electron chi connectivity index (χ1n) is 2.11. The largest absolute Gasteiger partial charge is 0.243 e. The standard InChI is InChI=1S/C5H8FI/c1-4(6)3-5(2)7/h3-4H,1-2H3/b5-3-/t4-/m0/s1. The van der Waals surface area contributed by atoms with Gasteiger partial charge in [0.2, 0.25) is 0 Å². The minimum atomic E-state index is -0.795. The van der Waals surface area contributed by atoms with E-state index in [1.165, 1.54) is 6.92 Å². The number of allylic oxidation sites excluding steroid dienone is 2. The lowest BCUT2D eigenvalue weighted by Crippen LogP contribution is -1.82. The molecule has 0 amide bonds. The summed E-state index contributed by atoms with van der Waals surface area (Å²) < 4.78 is 12.9. The summed E-state index contributed by atoms with van der Waals surface area (Å²) in [5.41, 5.74) is 0. The molecule has 0 aliphatic carbocycles. The fraction of sp³-hybridized carbons (Fsp3) is 0.600. The van der Waals surface area contributed by atoms with Crippen molar-refractivity contribution >= 4 is 22.6 Å². The van der Waals surface area contributed by atoms with Crippen LogP contribution < -0.4 is 0 Å². The Bertz CT molecular complexity index is 72.1. The molecule has 0 bridgehead atoms. The van der Waals surface area contributed by atoms with Gasteiger partial charge in [-0.05, 0) is 46.1 Å². The second kappa shape index (κ2) is 3.41. The van der Waals surface area contributed by atoms with Gasteiger partial charge in [-0.15, -0.1) is 0 Å². The van der Waals surface area contributed by atoms with Gasteiger partial charge in [-0.3, -0.25) is 0 Å². The highest BCUT2D eigenvalue weighted by Gasteiger charge is 1.88. The second-order valence-electron chi connectivity index (χ2n) is 1.43. The molecule has 0 radical (unpaired) electrons. The number of halogens is 2. The maximum Gasteiger partial charge on any atom is 0.116 e. The molecule has 7 heavy (non-hydrogen) atoms. The Morgan fingerprint density at radius 3 is 2.29 bits per heavy atom. The van der Waals surface area contributed by atoms with Crippen LogP contribution in [0.5, 0.6) is 0 Å². The highest BCUT2D eigenvalue weighted by molar-refractivity contribution is 14.1. The van der Waals surface area contributed by atoms with Crippen molar-refractivity contribution in [1.82, 2.24) is 0 Å². The molecular formula is C5H8FI. The van der Waals surface area contributed by atoms with Crippen molar-refractivity contribution < 1.29 is 4.39 Å². The van der Waals surface area contributed by atoms with Gasteiger partial charge in [0.05, 0.1) is 0 Å². The smallest absolute Gasteiger partial charge is 0.116 e. The minimum absolute atomic E-state index is 0.795. The monoisotopic (exact) mass is 214 g/mol. The molecule has 0 N–H and O–H groups in total. The fourth-order valence-corrected chi connectivity index (χ4v) is 0.812. The van der Waals surface area contributed by atoms with Crippen LogP contribution in [0.2, 0.25) is 0 Å². The van der Waals surface area contributed by atoms with E-state index in [9.17, 15) is 4.39 Å².